The Morgan fingerprint density at radius 2 is 2.10 bits per heavy atom. The third-order valence-corrected chi connectivity index (χ3v) is 4.11. The van der Waals surface area contributed by atoms with Gasteiger partial charge in [-0.1, -0.05) is 5.16 Å². The highest BCUT2D eigenvalue weighted by Gasteiger charge is 2.40. The lowest BCUT2D eigenvalue weighted by atomic mass is 10.0. The Morgan fingerprint density at radius 3 is 2.76 bits per heavy atom. The molecule has 1 aliphatic rings. The summed E-state index contributed by atoms with van der Waals surface area (Å²) in [6.45, 7) is 4.47. The standard InChI is InChI=1S/C16H20N2O3/c1-3-20-16(8-4-5-9-16)15-17-14(21-18-15)12-6-7-13(19)11(2)10-12/h6-7,10,19H,3-5,8-9H2,1-2H3. The van der Waals surface area contributed by atoms with Crippen molar-refractivity contribution >= 4 is 0 Å². The number of hydrogen-bond donors (Lipinski definition) is 1. The number of aromatic hydroxyl groups is 1. The van der Waals surface area contributed by atoms with Gasteiger partial charge in [0.15, 0.2) is 0 Å². The molecule has 1 heterocycles. The van der Waals surface area contributed by atoms with Crippen molar-refractivity contribution in [3.05, 3.63) is 29.6 Å². The summed E-state index contributed by atoms with van der Waals surface area (Å²) in [6.07, 6.45) is 4.13. The molecule has 1 saturated carbocycles. The van der Waals surface area contributed by atoms with Crippen LogP contribution in [0, 0.1) is 6.92 Å². The van der Waals surface area contributed by atoms with Crippen LogP contribution in [0.25, 0.3) is 11.5 Å². The largest absolute Gasteiger partial charge is 0.508 e. The minimum absolute atomic E-state index is 0.264. The highest BCUT2D eigenvalue weighted by molar-refractivity contribution is 5.56. The van der Waals surface area contributed by atoms with Gasteiger partial charge in [-0.05, 0) is 63.3 Å². The molecule has 2 aromatic rings. The van der Waals surface area contributed by atoms with Crippen molar-refractivity contribution in [1.29, 1.82) is 0 Å². The number of rotatable bonds is 4. The smallest absolute Gasteiger partial charge is 0.258 e. The van der Waals surface area contributed by atoms with Crippen LogP contribution in [0.2, 0.25) is 0 Å². The summed E-state index contributed by atoms with van der Waals surface area (Å²) in [7, 11) is 0. The fourth-order valence-corrected chi connectivity index (χ4v) is 2.97. The molecule has 0 bridgehead atoms. The molecule has 1 aliphatic carbocycles. The van der Waals surface area contributed by atoms with E-state index in [0.29, 0.717) is 18.3 Å². The molecular formula is C16H20N2O3. The van der Waals surface area contributed by atoms with Gasteiger partial charge in [-0.15, -0.1) is 0 Å². The number of ether oxygens (including phenoxy) is 1. The average molecular weight is 288 g/mol. The van der Waals surface area contributed by atoms with Crippen LogP contribution in [0.4, 0.5) is 0 Å². The van der Waals surface area contributed by atoms with E-state index >= 15 is 0 Å². The highest BCUT2D eigenvalue weighted by atomic mass is 16.5. The predicted octanol–water partition coefficient (Wildman–Crippen LogP) is 3.56. The fraction of sp³-hybridized carbons (Fsp3) is 0.500. The van der Waals surface area contributed by atoms with E-state index in [-0.39, 0.29) is 11.4 Å². The first kappa shape index (κ1) is 14.1. The summed E-state index contributed by atoms with van der Waals surface area (Å²) < 4.78 is 11.4. The van der Waals surface area contributed by atoms with Gasteiger partial charge in [-0.2, -0.15) is 4.98 Å². The van der Waals surface area contributed by atoms with Gasteiger partial charge < -0.3 is 14.4 Å². The Kier molecular flexibility index (Phi) is 3.68. The molecule has 0 atom stereocenters. The van der Waals surface area contributed by atoms with Crippen LogP contribution >= 0.6 is 0 Å². The molecule has 0 unspecified atom stereocenters. The summed E-state index contributed by atoms with van der Waals surface area (Å²) in [5, 5.41) is 13.7. The number of phenols is 1. The Hall–Kier alpha value is -1.88. The number of aryl methyl sites for hydroxylation is 1. The van der Waals surface area contributed by atoms with E-state index in [1.165, 1.54) is 0 Å². The third kappa shape index (κ3) is 2.53. The van der Waals surface area contributed by atoms with Gasteiger partial charge in [0.1, 0.15) is 11.4 Å². The van der Waals surface area contributed by atoms with E-state index in [2.05, 4.69) is 10.1 Å². The Morgan fingerprint density at radius 1 is 1.33 bits per heavy atom. The van der Waals surface area contributed by atoms with E-state index in [1.54, 1.807) is 12.1 Å². The number of phenolic OH excluding ortho intramolecular Hbond substituents is 1. The first-order valence-electron chi connectivity index (χ1n) is 7.43. The lowest BCUT2D eigenvalue weighted by Crippen LogP contribution is -2.27. The van der Waals surface area contributed by atoms with Gasteiger partial charge in [0.2, 0.25) is 5.82 Å². The monoisotopic (exact) mass is 288 g/mol. The average Bonchev–Trinajstić information content (AvgIpc) is 3.12. The summed E-state index contributed by atoms with van der Waals surface area (Å²) in [5.41, 5.74) is 1.21. The normalized spacial score (nSPS) is 17.2. The molecular weight excluding hydrogens is 268 g/mol. The van der Waals surface area contributed by atoms with Crippen LogP contribution in [0.5, 0.6) is 5.75 Å². The Balaban J connectivity index is 1.93. The summed E-state index contributed by atoms with van der Waals surface area (Å²) >= 11 is 0. The van der Waals surface area contributed by atoms with Gasteiger partial charge in [0, 0.05) is 12.2 Å². The topological polar surface area (TPSA) is 68.4 Å². The molecule has 0 aliphatic heterocycles. The van der Waals surface area contributed by atoms with Crippen molar-refractivity contribution in [3.8, 4) is 17.2 Å². The van der Waals surface area contributed by atoms with E-state index in [1.807, 2.05) is 19.9 Å². The van der Waals surface area contributed by atoms with Crippen LogP contribution in [-0.4, -0.2) is 21.9 Å². The number of hydrogen-bond acceptors (Lipinski definition) is 5. The maximum absolute atomic E-state index is 9.59. The van der Waals surface area contributed by atoms with Gasteiger partial charge in [0.05, 0.1) is 0 Å². The summed E-state index contributed by atoms with van der Waals surface area (Å²) in [4.78, 5) is 4.54. The molecule has 5 nitrogen and oxygen atoms in total. The van der Waals surface area contributed by atoms with Crippen LogP contribution < -0.4 is 0 Å². The molecule has 0 saturated heterocycles. The van der Waals surface area contributed by atoms with Crippen LogP contribution in [-0.2, 0) is 10.3 Å². The van der Waals surface area contributed by atoms with Crippen molar-refractivity contribution in [2.45, 2.75) is 45.1 Å². The van der Waals surface area contributed by atoms with Crippen LogP contribution in [0.1, 0.15) is 44.0 Å². The molecule has 0 radical (unpaired) electrons. The van der Waals surface area contributed by atoms with Gasteiger partial charge in [-0.3, -0.25) is 0 Å². The van der Waals surface area contributed by atoms with E-state index < -0.39 is 0 Å². The molecule has 5 heteroatoms. The van der Waals surface area contributed by atoms with Crippen molar-refractivity contribution in [3.63, 3.8) is 0 Å². The molecule has 0 spiro atoms. The maximum atomic E-state index is 9.59. The molecule has 112 valence electrons. The first-order valence-corrected chi connectivity index (χ1v) is 7.43. The second-order valence-electron chi connectivity index (χ2n) is 5.56. The van der Waals surface area contributed by atoms with Crippen molar-refractivity contribution < 1.29 is 14.4 Å². The van der Waals surface area contributed by atoms with E-state index in [4.69, 9.17) is 9.26 Å². The van der Waals surface area contributed by atoms with Gasteiger partial charge in [-0.25, -0.2) is 0 Å². The minimum Gasteiger partial charge on any atom is -0.508 e. The van der Waals surface area contributed by atoms with Crippen molar-refractivity contribution in [1.82, 2.24) is 10.1 Å². The quantitative estimate of drug-likeness (QED) is 0.931. The molecule has 0 amide bonds. The van der Waals surface area contributed by atoms with Crippen molar-refractivity contribution in [2.75, 3.05) is 6.61 Å². The van der Waals surface area contributed by atoms with Gasteiger partial charge >= 0.3 is 0 Å². The summed E-state index contributed by atoms with van der Waals surface area (Å²) in [6, 6.07) is 5.26. The number of benzene rings is 1. The molecule has 3 rings (SSSR count). The van der Waals surface area contributed by atoms with E-state index in [0.717, 1.165) is 36.8 Å². The molecule has 1 aromatic heterocycles. The third-order valence-electron chi connectivity index (χ3n) is 4.11. The Bertz CT molecular complexity index is 630. The zero-order valence-electron chi connectivity index (χ0n) is 12.4. The lowest BCUT2D eigenvalue weighted by molar-refractivity contribution is -0.0469. The van der Waals surface area contributed by atoms with Crippen LogP contribution in [0.15, 0.2) is 22.7 Å². The fourth-order valence-electron chi connectivity index (χ4n) is 2.97. The second kappa shape index (κ2) is 5.48. The maximum Gasteiger partial charge on any atom is 0.258 e. The number of aromatic nitrogens is 2. The number of nitrogens with zero attached hydrogens (tertiary/aromatic N) is 2. The lowest BCUT2D eigenvalue weighted by Gasteiger charge is -2.24. The second-order valence-corrected chi connectivity index (χ2v) is 5.56. The van der Waals surface area contributed by atoms with E-state index in [9.17, 15) is 5.11 Å². The molecule has 21 heavy (non-hydrogen) atoms. The van der Waals surface area contributed by atoms with Crippen molar-refractivity contribution in [2.24, 2.45) is 0 Å². The van der Waals surface area contributed by atoms with Gasteiger partial charge in [0.25, 0.3) is 5.89 Å². The summed E-state index contributed by atoms with van der Waals surface area (Å²) in [5.74, 6) is 1.38. The molecule has 1 aromatic carbocycles. The highest BCUT2D eigenvalue weighted by Crippen LogP contribution is 2.41. The SMILES string of the molecule is CCOC1(c2noc(-c3ccc(O)c(C)c3)n2)CCCC1. The van der Waals surface area contributed by atoms with Crippen LogP contribution in [0.3, 0.4) is 0 Å². The zero-order chi connectivity index (χ0) is 14.9. The predicted molar refractivity (Wildman–Crippen MR) is 77.9 cm³/mol. The first-order chi connectivity index (χ1) is 10.1. The minimum atomic E-state index is -0.386. The Labute approximate surface area is 123 Å². The molecule has 1 N–H and O–H groups in total. The molecule has 1 fully saturated rings. The zero-order valence-corrected chi connectivity index (χ0v) is 12.4.